The molecule has 0 unspecified atom stereocenters. The number of hydrogen-bond acceptors (Lipinski definition) is 4. The first-order valence-corrected chi connectivity index (χ1v) is 14.5. The van der Waals surface area contributed by atoms with E-state index in [0.29, 0.717) is 38.7 Å². The summed E-state index contributed by atoms with van der Waals surface area (Å²) in [4.78, 5) is 28.1. The second kappa shape index (κ2) is 12.9. The zero-order valence-electron chi connectivity index (χ0n) is 20.1. The quantitative estimate of drug-likeness (QED) is 0.385. The van der Waals surface area contributed by atoms with Gasteiger partial charge in [0.15, 0.2) is 0 Å². The summed E-state index contributed by atoms with van der Waals surface area (Å²) in [5.41, 5.74) is 0.794. The molecule has 0 spiro atoms. The van der Waals surface area contributed by atoms with Crippen molar-refractivity contribution < 1.29 is 18.0 Å². The first-order valence-electron chi connectivity index (χ1n) is 11.1. The van der Waals surface area contributed by atoms with E-state index in [9.17, 15) is 18.0 Å². The largest absolute Gasteiger partial charge is 0.354 e. The molecule has 35 heavy (non-hydrogen) atoms. The van der Waals surface area contributed by atoms with E-state index >= 15 is 0 Å². The van der Waals surface area contributed by atoms with Crippen molar-refractivity contribution in [3.8, 4) is 0 Å². The number of carbonyl (C=O) groups excluding carboxylic acids is 2. The molecule has 0 bridgehead atoms. The SMILES string of the molecule is CC[C@@H](C(=O)NCC(C)C)N(Cc1c(Cl)cccc1Cl)C(=O)CN(c1ccccc1Br)S(C)(=O)=O. The molecule has 0 heterocycles. The average molecular weight is 607 g/mol. The van der Waals surface area contributed by atoms with Crippen LogP contribution in [0, 0.1) is 5.92 Å². The van der Waals surface area contributed by atoms with E-state index in [4.69, 9.17) is 23.2 Å². The van der Waals surface area contributed by atoms with Crippen molar-refractivity contribution >= 4 is 66.7 Å². The summed E-state index contributed by atoms with van der Waals surface area (Å²) in [5.74, 6) is -0.673. The Balaban J connectivity index is 2.50. The van der Waals surface area contributed by atoms with Crippen molar-refractivity contribution in [3.05, 3.63) is 62.5 Å². The fourth-order valence-electron chi connectivity index (χ4n) is 3.44. The Labute approximate surface area is 225 Å². The number of halogens is 3. The summed E-state index contributed by atoms with van der Waals surface area (Å²) in [6, 6.07) is 10.8. The molecule has 2 rings (SSSR count). The minimum absolute atomic E-state index is 0.0570. The molecule has 0 aliphatic rings. The Bertz CT molecular complexity index is 1140. The zero-order valence-corrected chi connectivity index (χ0v) is 24.0. The standard InChI is InChI=1S/C24H30BrCl2N3O4S/c1-5-21(24(32)28-13-16(2)3)29(14-17-19(26)10-8-11-20(17)27)23(31)15-30(35(4,33)34)22-12-7-6-9-18(22)25/h6-12,16,21H,5,13-15H2,1-4H3,(H,28,32)/t21-/m0/s1. The number of rotatable bonds is 11. The van der Waals surface area contributed by atoms with Gasteiger partial charge in [-0.15, -0.1) is 0 Å². The number of amides is 2. The molecule has 0 fully saturated rings. The fraction of sp³-hybridized carbons (Fsp3) is 0.417. The van der Waals surface area contributed by atoms with Crippen LogP contribution in [0.3, 0.4) is 0 Å². The number of nitrogens with zero attached hydrogens (tertiary/aromatic N) is 2. The van der Waals surface area contributed by atoms with Crippen molar-refractivity contribution in [3.63, 3.8) is 0 Å². The van der Waals surface area contributed by atoms with E-state index in [1.165, 1.54) is 4.90 Å². The lowest BCUT2D eigenvalue weighted by Crippen LogP contribution is -2.52. The molecule has 0 aliphatic carbocycles. The van der Waals surface area contributed by atoms with Crippen LogP contribution < -0.4 is 9.62 Å². The van der Waals surface area contributed by atoms with Crippen LogP contribution in [-0.2, 0) is 26.2 Å². The van der Waals surface area contributed by atoms with Gasteiger partial charge in [-0.25, -0.2) is 8.42 Å². The highest BCUT2D eigenvalue weighted by Gasteiger charge is 2.33. The van der Waals surface area contributed by atoms with E-state index in [0.717, 1.165) is 10.6 Å². The lowest BCUT2D eigenvalue weighted by molar-refractivity contribution is -0.140. The first-order chi connectivity index (χ1) is 16.4. The van der Waals surface area contributed by atoms with Crippen LogP contribution in [0.2, 0.25) is 10.0 Å². The van der Waals surface area contributed by atoms with Gasteiger partial charge >= 0.3 is 0 Å². The maximum Gasteiger partial charge on any atom is 0.244 e. The van der Waals surface area contributed by atoms with E-state index in [1.807, 2.05) is 13.8 Å². The summed E-state index contributed by atoms with van der Waals surface area (Å²) in [5, 5.41) is 3.56. The van der Waals surface area contributed by atoms with E-state index in [-0.39, 0.29) is 18.4 Å². The van der Waals surface area contributed by atoms with Crippen LogP contribution in [0.4, 0.5) is 5.69 Å². The molecule has 0 radical (unpaired) electrons. The molecule has 2 amide bonds. The second-order valence-corrected chi connectivity index (χ2v) is 12.1. The van der Waals surface area contributed by atoms with Crippen LogP contribution in [0.5, 0.6) is 0 Å². The Morgan fingerprint density at radius 1 is 1.06 bits per heavy atom. The molecule has 0 aromatic heterocycles. The van der Waals surface area contributed by atoms with Crippen LogP contribution in [0.15, 0.2) is 46.9 Å². The minimum atomic E-state index is -3.83. The van der Waals surface area contributed by atoms with E-state index in [1.54, 1.807) is 49.4 Å². The molecule has 0 aliphatic heterocycles. The maximum atomic E-state index is 13.7. The van der Waals surface area contributed by atoms with Gasteiger partial charge in [-0.05, 0) is 52.5 Å². The predicted octanol–water partition coefficient (Wildman–Crippen LogP) is 5.10. The van der Waals surface area contributed by atoms with Gasteiger partial charge in [-0.1, -0.05) is 62.2 Å². The smallest absolute Gasteiger partial charge is 0.244 e. The van der Waals surface area contributed by atoms with Crippen molar-refractivity contribution in [2.75, 3.05) is 23.7 Å². The number of carbonyl (C=O) groups is 2. The summed E-state index contributed by atoms with van der Waals surface area (Å²) >= 11 is 16.1. The Hall–Kier alpha value is -1.81. The number of hydrogen-bond donors (Lipinski definition) is 1. The van der Waals surface area contributed by atoms with Crippen molar-refractivity contribution in [1.82, 2.24) is 10.2 Å². The van der Waals surface area contributed by atoms with Gasteiger partial charge in [-0.3, -0.25) is 13.9 Å². The van der Waals surface area contributed by atoms with Crippen LogP contribution in [0.1, 0.15) is 32.8 Å². The number of benzene rings is 2. The van der Waals surface area contributed by atoms with Crippen molar-refractivity contribution in [1.29, 1.82) is 0 Å². The van der Waals surface area contributed by atoms with E-state index in [2.05, 4.69) is 21.2 Å². The third-order valence-corrected chi connectivity index (χ3v) is 7.77. The Morgan fingerprint density at radius 2 is 1.66 bits per heavy atom. The van der Waals surface area contributed by atoms with Gasteiger partial charge in [0.1, 0.15) is 12.6 Å². The number of nitrogens with one attached hydrogen (secondary N) is 1. The molecule has 11 heteroatoms. The number of anilines is 1. The Morgan fingerprint density at radius 3 is 2.17 bits per heavy atom. The highest BCUT2D eigenvalue weighted by atomic mass is 79.9. The predicted molar refractivity (Wildman–Crippen MR) is 145 cm³/mol. The number of para-hydroxylation sites is 1. The molecule has 1 atom stereocenters. The van der Waals surface area contributed by atoms with Crippen LogP contribution >= 0.6 is 39.1 Å². The van der Waals surface area contributed by atoms with Gasteiger partial charge in [-0.2, -0.15) is 0 Å². The molecule has 2 aromatic carbocycles. The molecule has 1 N–H and O–H groups in total. The van der Waals surface area contributed by atoms with Gasteiger partial charge in [0.2, 0.25) is 21.8 Å². The number of sulfonamides is 1. The van der Waals surface area contributed by atoms with Crippen molar-refractivity contribution in [2.24, 2.45) is 5.92 Å². The van der Waals surface area contributed by atoms with Gasteiger partial charge in [0, 0.05) is 33.2 Å². The lowest BCUT2D eigenvalue weighted by Gasteiger charge is -2.33. The fourth-order valence-corrected chi connectivity index (χ4v) is 5.44. The van der Waals surface area contributed by atoms with Crippen LogP contribution in [0.25, 0.3) is 0 Å². The minimum Gasteiger partial charge on any atom is -0.354 e. The van der Waals surface area contributed by atoms with Gasteiger partial charge < -0.3 is 10.2 Å². The molecule has 2 aromatic rings. The zero-order chi connectivity index (χ0) is 26.3. The summed E-state index contributed by atoms with van der Waals surface area (Å²) in [6.07, 6.45) is 1.34. The normalized spacial score (nSPS) is 12.3. The molecular weight excluding hydrogens is 577 g/mol. The summed E-state index contributed by atoms with van der Waals surface area (Å²) < 4.78 is 26.9. The highest BCUT2D eigenvalue weighted by Crippen LogP contribution is 2.30. The third kappa shape index (κ3) is 8.10. The molecule has 192 valence electrons. The lowest BCUT2D eigenvalue weighted by atomic mass is 10.1. The van der Waals surface area contributed by atoms with Gasteiger partial charge in [0.05, 0.1) is 11.9 Å². The third-order valence-electron chi connectivity index (χ3n) is 5.26. The first kappa shape index (κ1) is 29.4. The van der Waals surface area contributed by atoms with E-state index < -0.39 is 28.5 Å². The average Bonchev–Trinajstić information content (AvgIpc) is 2.77. The second-order valence-electron chi connectivity index (χ2n) is 8.51. The summed E-state index contributed by atoms with van der Waals surface area (Å²) in [6.45, 7) is 5.60. The summed E-state index contributed by atoms with van der Waals surface area (Å²) in [7, 11) is -3.83. The highest BCUT2D eigenvalue weighted by molar-refractivity contribution is 9.10. The van der Waals surface area contributed by atoms with Crippen LogP contribution in [-0.4, -0.2) is 50.5 Å². The van der Waals surface area contributed by atoms with Crippen molar-refractivity contribution in [2.45, 2.75) is 39.8 Å². The van der Waals surface area contributed by atoms with Gasteiger partial charge in [0.25, 0.3) is 0 Å². The topological polar surface area (TPSA) is 86.8 Å². The monoisotopic (exact) mass is 605 g/mol. The molecule has 7 nitrogen and oxygen atoms in total. The maximum absolute atomic E-state index is 13.7. The molecule has 0 saturated heterocycles. The Kier molecular flexibility index (Phi) is 10.9. The molecule has 0 saturated carbocycles. The molecular formula is C24H30BrCl2N3O4S.